The van der Waals surface area contributed by atoms with Crippen LogP contribution >= 0.6 is 11.8 Å². The summed E-state index contributed by atoms with van der Waals surface area (Å²) >= 11 is 1.59. The molecule has 2 N–H and O–H groups in total. The van der Waals surface area contributed by atoms with Gasteiger partial charge in [-0.05, 0) is 66.0 Å². The molecule has 0 fully saturated rings. The average Bonchev–Trinajstić information content (AvgIpc) is 3.64. The van der Waals surface area contributed by atoms with Crippen molar-refractivity contribution in [1.29, 1.82) is 0 Å². The summed E-state index contributed by atoms with van der Waals surface area (Å²) in [6.07, 6.45) is 8.58. The quantitative estimate of drug-likeness (QED) is 0.0680. The van der Waals surface area contributed by atoms with Crippen LogP contribution in [0.4, 0.5) is 0 Å². The Morgan fingerprint density at radius 3 is 2.46 bits per heavy atom. The second-order valence-electron chi connectivity index (χ2n) is 12.2. The standard InChI is InChI=1S/C37H48N4O4S/c1-6-28(2)20-24-45-41(33(42)19-17-29-12-8-7-9-13-29)37(21-25-46-5,35(43)44-4)40-36(3,34-38-22-23-39-34)27-30-16-18-31-14-10-11-15-32(31)26-30/h7-16,18,22-23,26,28,40H,6,17,19-21,24-25,27H2,1-5H3,(H,38,39)/t28-,36?,37-/m0/s1. The van der Waals surface area contributed by atoms with E-state index in [9.17, 15) is 9.59 Å². The summed E-state index contributed by atoms with van der Waals surface area (Å²) in [5.74, 6) is 0.723. The highest BCUT2D eigenvalue weighted by atomic mass is 32.2. The Morgan fingerprint density at radius 2 is 1.78 bits per heavy atom. The van der Waals surface area contributed by atoms with Crippen LogP contribution in [-0.2, 0) is 37.5 Å². The number of H-pyrrole nitrogens is 1. The van der Waals surface area contributed by atoms with Crippen LogP contribution in [0.25, 0.3) is 10.8 Å². The molecule has 9 heteroatoms. The number of esters is 1. The molecular weight excluding hydrogens is 596 g/mol. The fourth-order valence-corrected chi connectivity index (χ4v) is 6.28. The highest BCUT2D eigenvalue weighted by Crippen LogP contribution is 2.33. The van der Waals surface area contributed by atoms with Crippen LogP contribution in [-0.4, -0.2) is 58.3 Å². The van der Waals surface area contributed by atoms with E-state index < -0.39 is 17.2 Å². The number of hydrogen-bond acceptors (Lipinski definition) is 7. The summed E-state index contributed by atoms with van der Waals surface area (Å²) in [6.45, 7) is 6.58. The number of ether oxygens (including phenoxy) is 1. The van der Waals surface area contributed by atoms with Gasteiger partial charge in [-0.1, -0.05) is 93.1 Å². The fourth-order valence-electron chi connectivity index (χ4n) is 5.78. The van der Waals surface area contributed by atoms with E-state index in [0.29, 0.717) is 30.3 Å². The van der Waals surface area contributed by atoms with Crippen molar-refractivity contribution in [2.24, 2.45) is 5.92 Å². The lowest BCUT2D eigenvalue weighted by Crippen LogP contribution is -2.70. The molecule has 1 unspecified atom stereocenters. The first-order valence-electron chi connectivity index (χ1n) is 16.1. The van der Waals surface area contributed by atoms with Gasteiger partial charge in [-0.2, -0.15) is 16.8 Å². The van der Waals surface area contributed by atoms with Crippen molar-refractivity contribution in [2.75, 3.05) is 25.7 Å². The lowest BCUT2D eigenvalue weighted by Gasteiger charge is -2.46. The summed E-state index contributed by atoms with van der Waals surface area (Å²) in [5, 5.41) is 7.22. The Labute approximate surface area is 277 Å². The Kier molecular flexibility index (Phi) is 12.8. The highest BCUT2D eigenvalue weighted by Gasteiger charge is 2.53. The van der Waals surface area contributed by atoms with Crippen molar-refractivity contribution in [3.8, 4) is 0 Å². The smallest absolute Gasteiger partial charge is 0.349 e. The Hall–Kier alpha value is -3.66. The molecule has 4 rings (SSSR count). The van der Waals surface area contributed by atoms with Crippen LogP contribution in [0.15, 0.2) is 85.2 Å². The molecule has 0 radical (unpaired) electrons. The molecule has 46 heavy (non-hydrogen) atoms. The maximum atomic E-state index is 14.3. The van der Waals surface area contributed by atoms with E-state index in [1.54, 1.807) is 24.2 Å². The molecule has 3 atom stereocenters. The molecule has 0 aliphatic carbocycles. The van der Waals surface area contributed by atoms with Gasteiger partial charge in [-0.15, -0.1) is 0 Å². The van der Waals surface area contributed by atoms with Crippen molar-refractivity contribution < 1.29 is 19.2 Å². The zero-order chi connectivity index (χ0) is 33.0. The van der Waals surface area contributed by atoms with Gasteiger partial charge in [-0.25, -0.2) is 9.78 Å². The number of hydrogen-bond donors (Lipinski definition) is 2. The van der Waals surface area contributed by atoms with Gasteiger partial charge in [0.25, 0.3) is 0 Å². The highest BCUT2D eigenvalue weighted by molar-refractivity contribution is 7.98. The number of amides is 1. The first-order chi connectivity index (χ1) is 22.2. The monoisotopic (exact) mass is 644 g/mol. The molecule has 3 aromatic carbocycles. The molecule has 0 aliphatic heterocycles. The maximum absolute atomic E-state index is 14.3. The Bertz CT molecular complexity index is 1530. The molecule has 246 valence electrons. The summed E-state index contributed by atoms with van der Waals surface area (Å²) in [7, 11) is 1.36. The summed E-state index contributed by atoms with van der Waals surface area (Å²) in [6, 6.07) is 24.5. The van der Waals surface area contributed by atoms with E-state index in [1.807, 2.05) is 55.6 Å². The van der Waals surface area contributed by atoms with Gasteiger partial charge >= 0.3 is 5.97 Å². The van der Waals surface area contributed by atoms with E-state index in [1.165, 1.54) is 12.2 Å². The number of aromatic nitrogens is 2. The number of benzene rings is 3. The summed E-state index contributed by atoms with van der Waals surface area (Å²) < 4.78 is 5.51. The van der Waals surface area contributed by atoms with Crippen LogP contribution in [0.5, 0.6) is 0 Å². The predicted molar refractivity (Wildman–Crippen MR) is 186 cm³/mol. The number of carbonyl (C=O) groups is 2. The number of fused-ring (bicyclic) bond motifs is 1. The first-order valence-corrected chi connectivity index (χ1v) is 17.5. The molecule has 1 heterocycles. The molecule has 8 nitrogen and oxygen atoms in total. The summed E-state index contributed by atoms with van der Waals surface area (Å²) in [4.78, 5) is 42.8. The second-order valence-corrected chi connectivity index (χ2v) is 13.1. The molecule has 0 bridgehead atoms. The first kappa shape index (κ1) is 35.2. The number of nitrogens with one attached hydrogen (secondary N) is 2. The number of aryl methyl sites for hydroxylation is 1. The fraction of sp³-hybridized carbons (Fsp3) is 0.432. The predicted octanol–water partition coefficient (Wildman–Crippen LogP) is 7.06. The van der Waals surface area contributed by atoms with Crippen LogP contribution in [0.1, 0.15) is 63.4 Å². The molecule has 0 spiro atoms. The van der Waals surface area contributed by atoms with Crippen LogP contribution in [0, 0.1) is 5.92 Å². The average molecular weight is 645 g/mol. The van der Waals surface area contributed by atoms with Crippen molar-refractivity contribution in [3.05, 3.63) is 102 Å². The third-order valence-electron chi connectivity index (χ3n) is 8.64. The lowest BCUT2D eigenvalue weighted by atomic mass is 9.88. The number of methoxy groups -OCH3 is 1. The maximum Gasteiger partial charge on any atom is 0.349 e. The minimum atomic E-state index is -1.64. The molecule has 1 aromatic heterocycles. The lowest BCUT2D eigenvalue weighted by molar-refractivity contribution is -0.241. The molecule has 0 aliphatic rings. The minimum absolute atomic E-state index is 0.162. The van der Waals surface area contributed by atoms with E-state index in [0.717, 1.165) is 34.7 Å². The van der Waals surface area contributed by atoms with Crippen molar-refractivity contribution in [3.63, 3.8) is 0 Å². The van der Waals surface area contributed by atoms with Crippen molar-refractivity contribution in [2.45, 2.75) is 70.5 Å². The normalized spacial score (nSPS) is 14.7. The van der Waals surface area contributed by atoms with Crippen LogP contribution < -0.4 is 5.32 Å². The number of nitrogens with zero attached hydrogens (tertiary/aromatic N) is 2. The Morgan fingerprint density at radius 1 is 1.04 bits per heavy atom. The minimum Gasteiger partial charge on any atom is -0.466 e. The molecule has 0 saturated carbocycles. The Balaban J connectivity index is 1.79. The molecule has 0 saturated heterocycles. The number of aromatic amines is 1. The van der Waals surface area contributed by atoms with Crippen molar-refractivity contribution in [1.82, 2.24) is 20.3 Å². The third-order valence-corrected chi connectivity index (χ3v) is 9.25. The van der Waals surface area contributed by atoms with Gasteiger partial charge in [-0.3, -0.25) is 14.9 Å². The second kappa shape index (κ2) is 16.8. The van der Waals surface area contributed by atoms with Crippen molar-refractivity contribution >= 4 is 34.4 Å². The summed E-state index contributed by atoms with van der Waals surface area (Å²) in [5.41, 5.74) is -0.489. The van der Waals surface area contributed by atoms with Gasteiger partial charge in [0.15, 0.2) is 0 Å². The van der Waals surface area contributed by atoms with Gasteiger partial charge in [0, 0.05) is 25.2 Å². The van der Waals surface area contributed by atoms with E-state index in [4.69, 9.17) is 9.57 Å². The number of hydroxylamine groups is 2. The largest absolute Gasteiger partial charge is 0.466 e. The SMILES string of the molecule is CC[C@H](C)CCON(C(=O)CCc1ccccc1)[C@](CCSC)(NC(C)(Cc1ccc2ccccc2c1)c1ncc[nH]1)C(=O)OC. The third kappa shape index (κ3) is 8.78. The number of thioether (sulfide) groups is 1. The van der Waals surface area contributed by atoms with E-state index >= 15 is 0 Å². The van der Waals surface area contributed by atoms with E-state index in [-0.39, 0.29) is 25.4 Å². The van der Waals surface area contributed by atoms with Gasteiger partial charge in [0.1, 0.15) is 5.82 Å². The molecule has 4 aromatic rings. The van der Waals surface area contributed by atoms with Gasteiger partial charge in [0.2, 0.25) is 11.6 Å². The zero-order valence-electron chi connectivity index (χ0n) is 27.8. The van der Waals surface area contributed by atoms with Gasteiger partial charge < -0.3 is 9.72 Å². The van der Waals surface area contributed by atoms with Crippen LogP contribution in [0.3, 0.4) is 0 Å². The number of rotatable bonds is 18. The van der Waals surface area contributed by atoms with Gasteiger partial charge in [0.05, 0.1) is 19.3 Å². The zero-order valence-corrected chi connectivity index (χ0v) is 28.6. The van der Waals surface area contributed by atoms with E-state index in [2.05, 4.69) is 59.5 Å². The topological polar surface area (TPSA) is 96.5 Å². The number of imidazole rings is 1. The molecule has 1 amide bonds. The number of carbonyl (C=O) groups excluding carboxylic acids is 2. The molecular formula is C37H48N4O4S. The van der Waals surface area contributed by atoms with Crippen LogP contribution in [0.2, 0.25) is 0 Å².